The molecule has 25 heavy (non-hydrogen) atoms. The van der Waals surface area contributed by atoms with Crippen LogP contribution in [0.5, 0.6) is 5.75 Å². The van der Waals surface area contributed by atoms with Crippen molar-refractivity contribution < 1.29 is 17.5 Å². The lowest BCUT2D eigenvalue weighted by Gasteiger charge is -2.35. The SMILES string of the molecule is COc1ccc(S(=O)(=O)N2CCNCC2c2cccnc2)cc1F.Cl. The zero-order valence-corrected chi connectivity index (χ0v) is 15.2. The van der Waals surface area contributed by atoms with Crippen LogP contribution in [0.4, 0.5) is 4.39 Å². The lowest BCUT2D eigenvalue weighted by Crippen LogP contribution is -2.48. The Morgan fingerprint density at radius 3 is 2.80 bits per heavy atom. The highest BCUT2D eigenvalue weighted by atomic mass is 35.5. The minimum Gasteiger partial charge on any atom is -0.494 e. The summed E-state index contributed by atoms with van der Waals surface area (Å²) in [6, 6.07) is 6.89. The van der Waals surface area contributed by atoms with E-state index in [9.17, 15) is 12.8 Å². The number of nitrogens with zero attached hydrogens (tertiary/aromatic N) is 2. The van der Waals surface area contributed by atoms with Crippen molar-refractivity contribution in [2.75, 3.05) is 26.7 Å². The number of benzene rings is 1. The number of sulfonamides is 1. The van der Waals surface area contributed by atoms with Crippen LogP contribution in [0.15, 0.2) is 47.6 Å². The average molecular weight is 388 g/mol. The molecule has 1 aromatic carbocycles. The number of hydrogen-bond donors (Lipinski definition) is 1. The third-order valence-corrected chi connectivity index (χ3v) is 5.90. The number of pyridine rings is 1. The monoisotopic (exact) mass is 387 g/mol. The van der Waals surface area contributed by atoms with E-state index in [2.05, 4.69) is 10.3 Å². The summed E-state index contributed by atoms with van der Waals surface area (Å²) >= 11 is 0. The number of piperazine rings is 1. The molecule has 0 aliphatic carbocycles. The highest BCUT2D eigenvalue weighted by Gasteiger charge is 2.34. The van der Waals surface area contributed by atoms with Crippen molar-refractivity contribution in [1.82, 2.24) is 14.6 Å². The van der Waals surface area contributed by atoms with Crippen molar-refractivity contribution >= 4 is 22.4 Å². The molecule has 1 aliphatic rings. The molecule has 0 saturated carbocycles. The Morgan fingerprint density at radius 1 is 1.36 bits per heavy atom. The molecule has 1 unspecified atom stereocenters. The molecule has 2 aromatic rings. The number of aromatic nitrogens is 1. The van der Waals surface area contributed by atoms with Gasteiger partial charge in [-0.3, -0.25) is 4.98 Å². The van der Waals surface area contributed by atoms with Gasteiger partial charge in [0.1, 0.15) is 0 Å². The molecule has 0 radical (unpaired) electrons. The molecule has 1 fully saturated rings. The van der Waals surface area contributed by atoms with Gasteiger partial charge in [0.25, 0.3) is 0 Å². The molecule has 6 nitrogen and oxygen atoms in total. The molecule has 1 atom stereocenters. The highest BCUT2D eigenvalue weighted by molar-refractivity contribution is 7.89. The largest absolute Gasteiger partial charge is 0.494 e. The first kappa shape index (κ1) is 19.6. The Morgan fingerprint density at radius 2 is 2.16 bits per heavy atom. The fourth-order valence-electron chi connectivity index (χ4n) is 2.77. The van der Waals surface area contributed by atoms with Crippen molar-refractivity contribution in [3.05, 3.63) is 54.1 Å². The summed E-state index contributed by atoms with van der Waals surface area (Å²) in [4.78, 5) is 3.97. The average Bonchev–Trinajstić information content (AvgIpc) is 2.62. The van der Waals surface area contributed by atoms with Gasteiger partial charge >= 0.3 is 0 Å². The van der Waals surface area contributed by atoms with Crippen LogP contribution in [0.1, 0.15) is 11.6 Å². The summed E-state index contributed by atoms with van der Waals surface area (Å²) in [6.07, 6.45) is 3.28. The van der Waals surface area contributed by atoms with Crippen LogP contribution in [-0.2, 0) is 10.0 Å². The Balaban J connectivity index is 0.00000225. The van der Waals surface area contributed by atoms with E-state index in [0.717, 1.165) is 11.6 Å². The lowest BCUT2D eigenvalue weighted by molar-refractivity contribution is 0.271. The number of methoxy groups -OCH3 is 1. The molecule has 2 heterocycles. The minimum absolute atomic E-state index is 0. The quantitative estimate of drug-likeness (QED) is 0.868. The number of ether oxygens (including phenoxy) is 1. The fraction of sp³-hybridized carbons (Fsp3) is 0.312. The van der Waals surface area contributed by atoms with E-state index in [1.54, 1.807) is 18.5 Å². The first-order chi connectivity index (χ1) is 11.5. The van der Waals surface area contributed by atoms with E-state index in [-0.39, 0.29) is 29.1 Å². The van der Waals surface area contributed by atoms with Gasteiger partial charge in [0, 0.05) is 32.0 Å². The van der Waals surface area contributed by atoms with Crippen molar-refractivity contribution in [3.63, 3.8) is 0 Å². The van der Waals surface area contributed by atoms with E-state index >= 15 is 0 Å². The van der Waals surface area contributed by atoms with E-state index in [4.69, 9.17) is 4.74 Å². The van der Waals surface area contributed by atoms with Crippen LogP contribution >= 0.6 is 12.4 Å². The molecular weight excluding hydrogens is 369 g/mol. The van der Waals surface area contributed by atoms with Crippen LogP contribution < -0.4 is 10.1 Å². The van der Waals surface area contributed by atoms with E-state index in [1.807, 2.05) is 6.07 Å². The summed E-state index contributed by atoms with van der Waals surface area (Å²) in [7, 11) is -2.50. The van der Waals surface area contributed by atoms with Gasteiger partial charge in [-0.2, -0.15) is 4.31 Å². The molecule has 1 aromatic heterocycles. The predicted molar refractivity (Wildman–Crippen MR) is 93.9 cm³/mol. The van der Waals surface area contributed by atoms with E-state index < -0.39 is 15.8 Å². The molecule has 1 N–H and O–H groups in total. The van der Waals surface area contributed by atoms with Crippen LogP contribution in [0.25, 0.3) is 0 Å². The van der Waals surface area contributed by atoms with Crippen molar-refractivity contribution in [1.29, 1.82) is 0 Å². The molecule has 9 heteroatoms. The summed E-state index contributed by atoms with van der Waals surface area (Å²) in [6.45, 7) is 1.31. The van der Waals surface area contributed by atoms with Gasteiger partial charge in [-0.15, -0.1) is 12.4 Å². The zero-order chi connectivity index (χ0) is 17.2. The van der Waals surface area contributed by atoms with Crippen LogP contribution in [0.2, 0.25) is 0 Å². The van der Waals surface area contributed by atoms with Gasteiger partial charge in [0.2, 0.25) is 10.0 Å². The summed E-state index contributed by atoms with van der Waals surface area (Å²) < 4.78 is 46.2. The maximum atomic E-state index is 13.9. The van der Waals surface area contributed by atoms with Gasteiger partial charge in [-0.25, -0.2) is 12.8 Å². The smallest absolute Gasteiger partial charge is 0.243 e. The van der Waals surface area contributed by atoms with E-state index in [1.165, 1.54) is 23.5 Å². The third-order valence-electron chi connectivity index (χ3n) is 3.99. The second-order valence-corrected chi connectivity index (χ2v) is 7.31. The second kappa shape index (κ2) is 8.09. The first-order valence-electron chi connectivity index (χ1n) is 7.50. The third kappa shape index (κ3) is 3.92. The first-order valence-corrected chi connectivity index (χ1v) is 8.94. The van der Waals surface area contributed by atoms with Crippen molar-refractivity contribution in [2.24, 2.45) is 0 Å². The van der Waals surface area contributed by atoms with Crippen molar-refractivity contribution in [2.45, 2.75) is 10.9 Å². The summed E-state index contributed by atoms with van der Waals surface area (Å²) in [5, 5.41) is 3.19. The molecule has 136 valence electrons. The minimum atomic E-state index is -3.84. The Hall–Kier alpha value is -1.74. The topological polar surface area (TPSA) is 71.5 Å². The zero-order valence-electron chi connectivity index (χ0n) is 13.6. The number of halogens is 2. The number of hydrogen-bond acceptors (Lipinski definition) is 5. The van der Waals surface area contributed by atoms with Crippen molar-refractivity contribution in [3.8, 4) is 5.75 Å². The van der Waals surface area contributed by atoms with Gasteiger partial charge in [0.05, 0.1) is 18.0 Å². The molecule has 0 bridgehead atoms. The normalized spacial score (nSPS) is 18.4. The number of rotatable bonds is 4. The predicted octanol–water partition coefficient (Wildman–Crippen LogP) is 1.99. The molecule has 0 amide bonds. The van der Waals surface area contributed by atoms with Gasteiger partial charge in [-0.05, 0) is 29.8 Å². The molecule has 1 aliphatic heterocycles. The van der Waals surface area contributed by atoms with Crippen LogP contribution in [0.3, 0.4) is 0 Å². The number of nitrogens with one attached hydrogen (secondary N) is 1. The second-order valence-electron chi connectivity index (χ2n) is 5.42. The summed E-state index contributed by atoms with van der Waals surface area (Å²) in [5.41, 5.74) is 0.794. The van der Waals surface area contributed by atoms with E-state index in [0.29, 0.717) is 19.6 Å². The summed E-state index contributed by atoms with van der Waals surface area (Å²) in [5.74, 6) is -0.690. The maximum absolute atomic E-state index is 13.9. The van der Waals surface area contributed by atoms with Gasteiger partial charge in [-0.1, -0.05) is 6.07 Å². The lowest BCUT2D eigenvalue weighted by atomic mass is 10.1. The van der Waals surface area contributed by atoms with Gasteiger partial charge in [0.15, 0.2) is 11.6 Å². The fourth-order valence-corrected chi connectivity index (χ4v) is 4.40. The molecule has 3 rings (SSSR count). The Labute approximate surface area is 152 Å². The highest BCUT2D eigenvalue weighted by Crippen LogP contribution is 2.30. The Kier molecular flexibility index (Phi) is 6.34. The molecule has 1 saturated heterocycles. The molecule has 0 spiro atoms. The molecular formula is C16H19ClFN3O3S. The van der Waals surface area contributed by atoms with Crippen LogP contribution in [0, 0.1) is 5.82 Å². The van der Waals surface area contributed by atoms with Crippen LogP contribution in [-0.4, -0.2) is 44.5 Å². The Bertz CT molecular complexity index is 821. The maximum Gasteiger partial charge on any atom is 0.243 e. The standard InChI is InChI=1S/C16H18FN3O3S.ClH/c1-23-16-5-4-13(9-14(16)17)24(21,22)20-8-7-19-11-15(20)12-3-2-6-18-10-12;/h2-6,9-10,15,19H,7-8,11H2,1H3;1H. The van der Waals surface area contributed by atoms with Gasteiger partial charge < -0.3 is 10.1 Å².